The molecule has 4 rings (SSSR count). The second-order valence-corrected chi connectivity index (χ2v) is 6.67. The van der Waals surface area contributed by atoms with E-state index in [9.17, 15) is 0 Å². The zero-order valence-electron chi connectivity index (χ0n) is 15.1. The molecule has 0 amide bonds. The Hall–Kier alpha value is -2.50. The van der Waals surface area contributed by atoms with Gasteiger partial charge < -0.3 is 9.47 Å². The van der Waals surface area contributed by atoms with E-state index in [0.717, 1.165) is 24.4 Å². The fraction of sp³-hybridized carbons (Fsp3) is 0.333. The maximum atomic E-state index is 6.35. The molecule has 0 bridgehead atoms. The number of benzene rings is 2. The van der Waals surface area contributed by atoms with Crippen molar-refractivity contribution >= 4 is 0 Å². The molecule has 26 heavy (non-hydrogen) atoms. The van der Waals surface area contributed by atoms with Crippen molar-refractivity contribution in [2.75, 3.05) is 7.11 Å². The van der Waals surface area contributed by atoms with Crippen molar-refractivity contribution in [1.82, 2.24) is 14.8 Å². The summed E-state index contributed by atoms with van der Waals surface area (Å²) in [5.41, 5.74) is 3.40. The van der Waals surface area contributed by atoms with Crippen molar-refractivity contribution in [2.24, 2.45) is 0 Å². The van der Waals surface area contributed by atoms with Crippen molar-refractivity contribution in [2.45, 2.75) is 38.6 Å². The highest BCUT2D eigenvalue weighted by atomic mass is 16.5. The van der Waals surface area contributed by atoms with Crippen molar-refractivity contribution in [3.63, 3.8) is 0 Å². The molecule has 3 aromatic rings. The van der Waals surface area contributed by atoms with Crippen LogP contribution in [0.2, 0.25) is 0 Å². The van der Waals surface area contributed by atoms with E-state index in [-0.39, 0.29) is 12.2 Å². The first-order valence-corrected chi connectivity index (χ1v) is 8.97. The van der Waals surface area contributed by atoms with E-state index in [1.807, 2.05) is 22.9 Å². The van der Waals surface area contributed by atoms with Crippen LogP contribution in [0.3, 0.4) is 0 Å². The van der Waals surface area contributed by atoms with Crippen LogP contribution >= 0.6 is 0 Å². The SMILES string of the molecule is COCc1nc([C@@H]2CC[C@H](c3ccccc3)O2)n(-c2cccc(C)c2)n1. The Morgan fingerprint density at radius 3 is 2.65 bits per heavy atom. The van der Waals surface area contributed by atoms with Crippen molar-refractivity contribution in [3.8, 4) is 5.69 Å². The maximum Gasteiger partial charge on any atom is 0.177 e. The predicted octanol–water partition coefficient (Wildman–Crippen LogP) is 4.31. The van der Waals surface area contributed by atoms with Crippen molar-refractivity contribution < 1.29 is 9.47 Å². The van der Waals surface area contributed by atoms with E-state index < -0.39 is 0 Å². The van der Waals surface area contributed by atoms with Gasteiger partial charge in [-0.2, -0.15) is 0 Å². The summed E-state index contributed by atoms with van der Waals surface area (Å²) in [6, 6.07) is 18.6. The molecule has 0 spiro atoms. The van der Waals surface area contributed by atoms with E-state index in [4.69, 9.17) is 14.5 Å². The number of aromatic nitrogens is 3. The lowest BCUT2D eigenvalue weighted by molar-refractivity contribution is 0.0378. The average Bonchev–Trinajstić information content (AvgIpc) is 3.30. The van der Waals surface area contributed by atoms with Crippen LogP contribution in [0.5, 0.6) is 0 Å². The lowest BCUT2D eigenvalue weighted by Crippen LogP contribution is -2.09. The van der Waals surface area contributed by atoms with Crippen LogP contribution in [0.15, 0.2) is 54.6 Å². The molecule has 1 fully saturated rings. The molecular formula is C21H23N3O2. The Kier molecular flexibility index (Phi) is 4.82. The molecule has 0 saturated carbocycles. The van der Waals surface area contributed by atoms with Gasteiger partial charge in [-0.25, -0.2) is 9.67 Å². The summed E-state index contributed by atoms with van der Waals surface area (Å²) in [6.45, 7) is 2.47. The van der Waals surface area contributed by atoms with Crippen LogP contribution in [0, 0.1) is 6.92 Å². The predicted molar refractivity (Wildman–Crippen MR) is 99.1 cm³/mol. The Morgan fingerprint density at radius 2 is 1.88 bits per heavy atom. The third-order valence-electron chi connectivity index (χ3n) is 4.67. The van der Waals surface area contributed by atoms with Gasteiger partial charge in [0.25, 0.3) is 0 Å². The number of rotatable bonds is 5. The van der Waals surface area contributed by atoms with Crippen LogP contribution in [-0.4, -0.2) is 21.9 Å². The molecule has 0 radical (unpaired) electrons. The Bertz CT molecular complexity index is 876. The topological polar surface area (TPSA) is 49.2 Å². The molecule has 0 aliphatic carbocycles. The van der Waals surface area contributed by atoms with Crippen molar-refractivity contribution in [3.05, 3.63) is 77.4 Å². The van der Waals surface area contributed by atoms with E-state index in [1.165, 1.54) is 11.1 Å². The van der Waals surface area contributed by atoms with Crippen LogP contribution in [0.25, 0.3) is 5.69 Å². The lowest BCUT2D eigenvalue weighted by atomic mass is 10.1. The summed E-state index contributed by atoms with van der Waals surface area (Å²) in [6.07, 6.45) is 1.94. The first-order chi connectivity index (χ1) is 12.7. The Balaban J connectivity index is 1.65. The number of ether oxygens (including phenoxy) is 2. The fourth-order valence-corrected chi connectivity index (χ4v) is 3.46. The smallest absolute Gasteiger partial charge is 0.177 e. The molecular weight excluding hydrogens is 326 g/mol. The molecule has 0 unspecified atom stereocenters. The van der Waals surface area contributed by atoms with Gasteiger partial charge in [0.2, 0.25) is 0 Å². The highest BCUT2D eigenvalue weighted by Crippen LogP contribution is 2.40. The number of nitrogens with zero attached hydrogens (tertiary/aromatic N) is 3. The van der Waals surface area contributed by atoms with E-state index >= 15 is 0 Å². The second-order valence-electron chi connectivity index (χ2n) is 6.67. The van der Waals surface area contributed by atoms with Crippen LogP contribution in [-0.2, 0) is 16.1 Å². The lowest BCUT2D eigenvalue weighted by Gasteiger charge is -2.14. The molecule has 2 heterocycles. The third-order valence-corrected chi connectivity index (χ3v) is 4.67. The maximum absolute atomic E-state index is 6.35. The van der Waals surface area contributed by atoms with Crippen molar-refractivity contribution in [1.29, 1.82) is 0 Å². The minimum atomic E-state index is -0.0705. The van der Waals surface area contributed by atoms with E-state index in [0.29, 0.717) is 12.4 Å². The van der Waals surface area contributed by atoms with Gasteiger partial charge in [-0.15, -0.1) is 5.10 Å². The largest absolute Gasteiger partial charge is 0.377 e. The summed E-state index contributed by atoms with van der Waals surface area (Å²) in [4.78, 5) is 4.72. The molecule has 0 N–H and O–H groups in total. The minimum Gasteiger partial charge on any atom is -0.377 e. The van der Waals surface area contributed by atoms with Crippen LogP contribution in [0.1, 0.15) is 47.8 Å². The van der Waals surface area contributed by atoms with Gasteiger partial charge in [-0.05, 0) is 43.0 Å². The summed E-state index contributed by atoms with van der Waals surface area (Å²) in [5, 5.41) is 4.65. The van der Waals surface area contributed by atoms with Gasteiger partial charge in [0, 0.05) is 7.11 Å². The molecule has 1 aliphatic heterocycles. The number of methoxy groups -OCH3 is 1. The van der Waals surface area contributed by atoms with Crippen LogP contribution < -0.4 is 0 Å². The van der Waals surface area contributed by atoms with Gasteiger partial charge in [0.1, 0.15) is 12.7 Å². The highest BCUT2D eigenvalue weighted by molar-refractivity contribution is 5.36. The normalized spacial score (nSPS) is 19.8. The molecule has 1 aliphatic rings. The number of aryl methyl sites for hydroxylation is 1. The summed E-state index contributed by atoms with van der Waals surface area (Å²) in [5.74, 6) is 1.52. The quantitative estimate of drug-likeness (QED) is 0.688. The average molecular weight is 349 g/mol. The summed E-state index contributed by atoms with van der Waals surface area (Å²) in [7, 11) is 1.66. The Morgan fingerprint density at radius 1 is 1.08 bits per heavy atom. The first kappa shape index (κ1) is 16.9. The second kappa shape index (κ2) is 7.40. The molecule has 134 valence electrons. The van der Waals surface area contributed by atoms with E-state index in [1.54, 1.807) is 7.11 Å². The third kappa shape index (κ3) is 3.41. The standard InChI is InChI=1S/C21H23N3O2/c1-15-7-6-10-17(13-15)24-21(22-20(23-24)14-25-2)19-12-11-18(26-19)16-8-4-3-5-9-16/h3-10,13,18-19H,11-12,14H2,1-2H3/t18-,19+/m1/s1. The molecule has 5 heteroatoms. The zero-order chi connectivity index (χ0) is 17.9. The summed E-state index contributed by atoms with van der Waals surface area (Å²) < 4.78 is 13.5. The van der Waals surface area contributed by atoms with Gasteiger partial charge in [-0.3, -0.25) is 0 Å². The van der Waals surface area contributed by atoms with E-state index in [2.05, 4.69) is 48.4 Å². The first-order valence-electron chi connectivity index (χ1n) is 8.97. The monoisotopic (exact) mass is 349 g/mol. The highest BCUT2D eigenvalue weighted by Gasteiger charge is 2.32. The fourth-order valence-electron chi connectivity index (χ4n) is 3.46. The molecule has 1 aromatic heterocycles. The number of hydrogen-bond donors (Lipinski definition) is 0. The molecule has 1 saturated heterocycles. The summed E-state index contributed by atoms with van der Waals surface area (Å²) >= 11 is 0. The van der Waals surface area contributed by atoms with Gasteiger partial charge in [0.05, 0.1) is 11.8 Å². The van der Waals surface area contributed by atoms with Crippen LogP contribution in [0.4, 0.5) is 0 Å². The minimum absolute atomic E-state index is 0.0705. The zero-order valence-corrected chi connectivity index (χ0v) is 15.1. The van der Waals surface area contributed by atoms with Gasteiger partial charge in [-0.1, -0.05) is 42.5 Å². The molecule has 2 atom stereocenters. The number of hydrogen-bond acceptors (Lipinski definition) is 4. The Labute approximate surface area is 153 Å². The van der Waals surface area contributed by atoms with Gasteiger partial charge in [0.15, 0.2) is 11.6 Å². The molecule has 2 aromatic carbocycles. The van der Waals surface area contributed by atoms with Gasteiger partial charge >= 0.3 is 0 Å². The molecule has 5 nitrogen and oxygen atoms in total.